The molecule has 0 spiro atoms. The van der Waals surface area contributed by atoms with Crippen molar-refractivity contribution in [2.45, 2.75) is 26.7 Å². The van der Waals surface area contributed by atoms with Gasteiger partial charge in [-0.3, -0.25) is 9.78 Å². The molecule has 0 aliphatic carbocycles. The van der Waals surface area contributed by atoms with Gasteiger partial charge in [0.15, 0.2) is 0 Å². The van der Waals surface area contributed by atoms with Gasteiger partial charge in [0.05, 0.1) is 17.3 Å². The normalized spacial score (nSPS) is 11.3. The van der Waals surface area contributed by atoms with Gasteiger partial charge in [0.2, 0.25) is 0 Å². The van der Waals surface area contributed by atoms with Gasteiger partial charge in [-0.2, -0.15) is 0 Å². The Kier molecular flexibility index (Phi) is 3.29. The van der Waals surface area contributed by atoms with Crippen LogP contribution in [-0.4, -0.2) is 16.1 Å². The lowest BCUT2D eigenvalue weighted by molar-refractivity contribution is -0.147. The first-order valence-corrected chi connectivity index (χ1v) is 4.85. The maximum absolute atomic E-state index is 10.9. The number of aryl methyl sites for hydroxylation is 1. The van der Waals surface area contributed by atoms with Crippen LogP contribution in [0.25, 0.3) is 0 Å². The predicted octanol–water partition coefficient (Wildman–Crippen LogP) is 1.71. The van der Waals surface area contributed by atoms with Gasteiger partial charge >= 0.3 is 5.97 Å². The summed E-state index contributed by atoms with van der Waals surface area (Å²) in [6.45, 7) is 3.43. The fourth-order valence-electron chi connectivity index (χ4n) is 1.22. The highest BCUT2D eigenvalue weighted by Gasteiger charge is 2.26. The highest BCUT2D eigenvalue weighted by atomic mass is 16.4. The average Bonchev–Trinajstić information content (AvgIpc) is 2.16. The van der Waals surface area contributed by atoms with E-state index in [1.807, 2.05) is 6.07 Å². The van der Waals surface area contributed by atoms with E-state index < -0.39 is 11.4 Å². The Bertz CT molecular complexity index is 361. The van der Waals surface area contributed by atoms with Gasteiger partial charge in [-0.05, 0) is 38.3 Å². The van der Waals surface area contributed by atoms with Crippen LogP contribution in [0, 0.1) is 5.41 Å². The number of carboxylic acid groups (broad SMARTS) is 1. The van der Waals surface area contributed by atoms with Crippen LogP contribution in [0.1, 0.15) is 25.8 Å². The summed E-state index contributed by atoms with van der Waals surface area (Å²) in [6, 6.07) is 1.83. The number of nitrogens with two attached hydrogens (primary N) is 1. The Morgan fingerprint density at radius 2 is 2.27 bits per heavy atom. The molecular weight excluding hydrogens is 192 g/mol. The standard InChI is InChI=1S/C11H16N2O2/c1-11(2,10(14)15)5-3-8-4-6-13-7-9(8)12/h4,6-7H,3,5,12H2,1-2H3,(H,14,15). The summed E-state index contributed by atoms with van der Waals surface area (Å²) < 4.78 is 0. The molecule has 15 heavy (non-hydrogen) atoms. The molecule has 0 aromatic carbocycles. The topological polar surface area (TPSA) is 76.2 Å². The van der Waals surface area contributed by atoms with Crippen LogP contribution in [-0.2, 0) is 11.2 Å². The number of nitrogen functional groups attached to an aromatic ring is 1. The van der Waals surface area contributed by atoms with Gasteiger partial charge in [-0.25, -0.2) is 0 Å². The lowest BCUT2D eigenvalue weighted by atomic mass is 9.86. The third-order valence-electron chi connectivity index (χ3n) is 2.54. The van der Waals surface area contributed by atoms with E-state index in [2.05, 4.69) is 4.98 Å². The van der Waals surface area contributed by atoms with Crippen molar-refractivity contribution in [3.8, 4) is 0 Å². The van der Waals surface area contributed by atoms with Crippen molar-refractivity contribution in [3.05, 3.63) is 24.0 Å². The number of aromatic nitrogens is 1. The summed E-state index contributed by atoms with van der Waals surface area (Å²) in [5.41, 5.74) is 6.58. The zero-order valence-corrected chi connectivity index (χ0v) is 9.03. The van der Waals surface area contributed by atoms with E-state index in [9.17, 15) is 4.79 Å². The maximum atomic E-state index is 10.9. The Hall–Kier alpha value is -1.58. The van der Waals surface area contributed by atoms with Crippen LogP contribution in [0.3, 0.4) is 0 Å². The van der Waals surface area contributed by atoms with Crippen molar-refractivity contribution in [1.29, 1.82) is 0 Å². The first-order valence-electron chi connectivity index (χ1n) is 4.85. The molecule has 1 rings (SSSR count). The van der Waals surface area contributed by atoms with Crippen LogP contribution >= 0.6 is 0 Å². The van der Waals surface area contributed by atoms with Gasteiger partial charge in [0.25, 0.3) is 0 Å². The molecule has 0 bridgehead atoms. The Balaban J connectivity index is 2.66. The van der Waals surface area contributed by atoms with Gasteiger partial charge in [0, 0.05) is 6.20 Å². The Morgan fingerprint density at radius 1 is 1.60 bits per heavy atom. The number of pyridine rings is 1. The number of rotatable bonds is 4. The van der Waals surface area contributed by atoms with E-state index in [0.29, 0.717) is 18.5 Å². The SMILES string of the molecule is CC(C)(CCc1ccncc1N)C(=O)O. The first kappa shape index (κ1) is 11.5. The van der Waals surface area contributed by atoms with Crippen LogP contribution in [0.4, 0.5) is 5.69 Å². The van der Waals surface area contributed by atoms with Crippen molar-refractivity contribution in [2.75, 3.05) is 5.73 Å². The summed E-state index contributed by atoms with van der Waals surface area (Å²) in [4.78, 5) is 14.8. The molecule has 0 unspecified atom stereocenters. The zero-order valence-electron chi connectivity index (χ0n) is 9.03. The minimum Gasteiger partial charge on any atom is -0.481 e. The molecule has 4 heteroatoms. The fourth-order valence-corrected chi connectivity index (χ4v) is 1.22. The zero-order chi connectivity index (χ0) is 11.5. The molecule has 0 fully saturated rings. The maximum Gasteiger partial charge on any atom is 0.309 e. The van der Waals surface area contributed by atoms with Gasteiger partial charge < -0.3 is 10.8 Å². The molecule has 0 aliphatic heterocycles. The molecule has 1 aromatic rings. The van der Waals surface area contributed by atoms with Crippen molar-refractivity contribution >= 4 is 11.7 Å². The molecular formula is C11H16N2O2. The minimum absolute atomic E-state index is 0.566. The van der Waals surface area contributed by atoms with Gasteiger partial charge in [0.1, 0.15) is 0 Å². The van der Waals surface area contributed by atoms with Crippen LogP contribution in [0.15, 0.2) is 18.5 Å². The number of carboxylic acids is 1. The van der Waals surface area contributed by atoms with E-state index in [4.69, 9.17) is 10.8 Å². The van der Waals surface area contributed by atoms with Gasteiger partial charge in [-0.15, -0.1) is 0 Å². The molecule has 1 heterocycles. The van der Waals surface area contributed by atoms with E-state index in [1.54, 1.807) is 26.2 Å². The quantitative estimate of drug-likeness (QED) is 0.789. The molecule has 0 radical (unpaired) electrons. The highest BCUT2D eigenvalue weighted by Crippen LogP contribution is 2.24. The van der Waals surface area contributed by atoms with Crippen molar-refractivity contribution in [3.63, 3.8) is 0 Å². The molecule has 3 N–H and O–H groups in total. The summed E-state index contributed by atoms with van der Waals surface area (Å²) in [6.07, 6.45) is 4.48. The largest absolute Gasteiger partial charge is 0.481 e. The lowest BCUT2D eigenvalue weighted by Gasteiger charge is -2.18. The lowest BCUT2D eigenvalue weighted by Crippen LogP contribution is -2.24. The number of aliphatic carboxylic acids is 1. The summed E-state index contributed by atoms with van der Waals surface area (Å²) in [7, 11) is 0. The molecule has 1 aromatic heterocycles. The van der Waals surface area contributed by atoms with Crippen molar-refractivity contribution in [2.24, 2.45) is 5.41 Å². The third kappa shape index (κ3) is 2.94. The second kappa shape index (κ2) is 4.29. The predicted molar refractivity (Wildman–Crippen MR) is 58.4 cm³/mol. The molecule has 0 atom stereocenters. The summed E-state index contributed by atoms with van der Waals surface area (Å²) in [5.74, 6) is -0.782. The highest BCUT2D eigenvalue weighted by molar-refractivity contribution is 5.73. The molecule has 0 saturated heterocycles. The smallest absolute Gasteiger partial charge is 0.309 e. The van der Waals surface area contributed by atoms with E-state index in [0.717, 1.165) is 5.56 Å². The van der Waals surface area contributed by atoms with E-state index >= 15 is 0 Å². The van der Waals surface area contributed by atoms with Crippen molar-refractivity contribution in [1.82, 2.24) is 4.98 Å². The molecule has 0 saturated carbocycles. The van der Waals surface area contributed by atoms with Crippen LogP contribution in [0.5, 0.6) is 0 Å². The second-order valence-electron chi connectivity index (χ2n) is 4.26. The van der Waals surface area contributed by atoms with Gasteiger partial charge in [-0.1, -0.05) is 0 Å². The monoisotopic (exact) mass is 208 g/mol. The molecule has 4 nitrogen and oxygen atoms in total. The first-order chi connectivity index (χ1) is 6.93. The van der Waals surface area contributed by atoms with E-state index in [-0.39, 0.29) is 0 Å². The fraction of sp³-hybridized carbons (Fsp3) is 0.455. The summed E-state index contributed by atoms with van der Waals surface area (Å²) >= 11 is 0. The number of nitrogens with zero attached hydrogens (tertiary/aromatic N) is 1. The van der Waals surface area contributed by atoms with E-state index in [1.165, 1.54) is 0 Å². The molecule has 0 aliphatic rings. The molecule has 82 valence electrons. The average molecular weight is 208 g/mol. The van der Waals surface area contributed by atoms with Crippen LogP contribution in [0.2, 0.25) is 0 Å². The number of hydrogen-bond donors (Lipinski definition) is 2. The molecule has 0 amide bonds. The minimum atomic E-state index is -0.782. The third-order valence-corrected chi connectivity index (χ3v) is 2.54. The number of carbonyl (C=O) groups is 1. The number of anilines is 1. The Morgan fingerprint density at radius 3 is 2.80 bits per heavy atom. The van der Waals surface area contributed by atoms with Crippen molar-refractivity contribution < 1.29 is 9.90 Å². The summed E-state index contributed by atoms with van der Waals surface area (Å²) in [5, 5.41) is 8.94. The Labute approximate surface area is 89.1 Å². The van der Waals surface area contributed by atoms with Crippen LogP contribution < -0.4 is 5.73 Å². The number of hydrogen-bond acceptors (Lipinski definition) is 3. The second-order valence-corrected chi connectivity index (χ2v) is 4.26.